The standard InChI is InChI=1S/C12H24IN/c1-6-9(2)10(3)7-8-12(14-5)11(4)13/h9,11-12,14H,3,6-8H2,1-2,4-5H3. The highest BCUT2D eigenvalue weighted by Crippen LogP contribution is 2.20. The second-order valence-electron chi connectivity index (χ2n) is 4.08. The van der Waals surface area contributed by atoms with Crippen LogP contribution < -0.4 is 5.32 Å². The van der Waals surface area contributed by atoms with Crippen molar-refractivity contribution >= 4 is 22.6 Å². The van der Waals surface area contributed by atoms with E-state index in [1.54, 1.807) is 0 Å². The first kappa shape index (κ1) is 14.4. The number of nitrogens with one attached hydrogen (secondary N) is 1. The highest BCUT2D eigenvalue weighted by Gasteiger charge is 2.13. The molecule has 3 atom stereocenters. The maximum atomic E-state index is 4.16. The second kappa shape index (κ2) is 7.69. The van der Waals surface area contributed by atoms with Gasteiger partial charge in [0.05, 0.1) is 0 Å². The predicted octanol–water partition coefficient (Wildman–Crippen LogP) is 3.78. The molecule has 0 aromatic heterocycles. The van der Waals surface area contributed by atoms with Gasteiger partial charge in [-0.15, -0.1) is 0 Å². The van der Waals surface area contributed by atoms with Crippen LogP contribution in [0.2, 0.25) is 0 Å². The Morgan fingerprint density at radius 1 is 1.43 bits per heavy atom. The molecule has 0 heterocycles. The molecule has 0 bridgehead atoms. The third kappa shape index (κ3) is 5.35. The SMILES string of the molecule is C=C(CCC(NC)C(C)I)C(C)CC. The van der Waals surface area contributed by atoms with Crippen LogP contribution in [-0.2, 0) is 0 Å². The molecule has 1 nitrogen and oxygen atoms in total. The summed E-state index contributed by atoms with van der Waals surface area (Å²) in [6.07, 6.45) is 3.58. The molecular formula is C12H24IN. The molecule has 0 amide bonds. The van der Waals surface area contributed by atoms with Gasteiger partial charge in [0.15, 0.2) is 0 Å². The van der Waals surface area contributed by atoms with E-state index >= 15 is 0 Å². The Morgan fingerprint density at radius 2 is 2.00 bits per heavy atom. The quantitative estimate of drug-likeness (QED) is 0.429. The van der Waals surface area contributed by atoms with E-state index in [4.69, 9.17) is 0 Å². The van der Waals surface area contributed by atoms with Crippen molar-refractivity contribution in [3.63, 3.8) is 0 Å². The predicted molar refractivity (Wildman–Crippen MR) is 74.2 cm³/mol. The van der Waals surface area contributed by atoms with Crippen molar-refractivity contribution in [1.29, 1.82) is 0 Å². The lowest BCUT2D eigenvalue weighted by molar-refractivity contribution is 0.507. The average molecular weight is 309 g/mol. The molecule has 1 N–H and O–H groups in total. The Labute approximate surface area is 103 Å². The zero-order chi connectivity index (χ0) is 11.1. The Hall–Kier alpha value is 0.430. The Balaban J connectivity index is 3.85. The lowest BCUT2D eigenvalue weighted by atomic mass is 9.94. The van der Waals surface area contributed by atoms with Gasteiger partial charge in [-0.1, -0.05) is 55.5 Å². The molecule has 0 radical (unpaired) electrons. The molecule has 0 rings (SSSR count). The first-order valence-corrected chi connectivity index (χ1v) is 6.76. The Bertz CT molecular complexity index is 166. The molecule has 0 aliphatic heterocycles. The minimum atomic E-state index is 0.622. The van der Waals surface area contributed by atoms with E-state index in [0.717, 1.165) is 6.42 Å². The maximum absolute atomic E-state index is 4.16. The Morgan fingerprint density at radius 3 is 2.36 bits per heavy atom. The van der Waals surface area contributed by atoms with Crippen LogP contribution in [0.1, 0.15) is 40.0 Å². The molecule has 84 valence electrons. The van der Waals surface area contributed by atoms with Gasteiger partial charge in [0, 0.05) is 9.97 Å². The van der Waals surface area contributed by atoms with Gasteiger partial charge in [0.2, 0.25) is 0 Å². The summed E-state index contributed by atoms with van der Waals surface area (Å²) in [4.78, 5) is 0. The summed E-state index contributed by atoms with van der Waals surface area (Å²) in [5.41, 5.74) is 1.41. The van der Waals surface area contributed by atoms with Gasteiger partial charge in [0.1, 0.15) is 0 Å². The first-order valence-electron chi connectivity index (χ1n) is 5.51. The minimum Gasteiger partial charge on any atom is -0.316 e. The zero-order valence-corrected chi connectivity index (χ0v) is 12.1. The van der Waals surface area contributed by atoms with Crippen LogP contribution in [-0.4, -0.2) is 17.0 Å². The Kier molecular flexibility index (Phi) is 7.92. The third-order valence-corrected chi connectivity index (χ3v) is 3.88. The smallest absolute Gasteiger partial charge is 0.0235 e. The molecular weight excluding hydrogens is 285 g/mol. The summed E-state index contributed by atoms with van der Waals surface area (Å²) in [6.45, 7) is 10.9. The molecule has 0 saturated heterocycles. The number of halogens is 1. The van der Waals surface area contributed by atoms with Crippen molar-refractivity contribution in [2.45, 2.75) is 50.0 Å². The van der Waals surface area contributed by atoms with Gasteiger partial charge in [-0.2, -0.15) is 0 Å². The fraction of sp³-hybridized carbons (Fsp3) is 0.833. The first-order chi connectivity index (χ1) is 6.52. The molecule has 0 aromatic rings. The van der Waals surface area contributed by atoms with Crippen molar-refractivity contribution in [3.05, 3.63) is 12.2 Å². The molecule has 0 spiro atoms. The highest BCUT2D eigenvalue weighted by molar-refractivity contribution is 14.1. The van der Waals surface area contributed by atoms with Gasteiger partial charge in [-0.05, 0) is 32.2 Å². The van der Waals surface area contributed by atoms with E-state index in [9.17, 15) is 0 Å². The summed E-state index contributed by atoms with van der Waals surface area (Å²) < 4.78 is 0.683. The van der Waals surface area contributed by atoms with E-state index < -0.39 is 0 Å². The van der Waals surface area contributed by atoms with Gasteiger partial charge >= 0.3 is 0 Å². The number of allylic oxidation sites excluding steroid dienone is 1. The number of alkyl halides is 1. The van der Waals surface area contributed by atoms with Gasteiger partial charge in [0.25, 0.3) is 0 Å². The van der Waals surface area contributed by atoms with Crippen molar-refractivity contribution in [1.82, 2.24) is 5.32 Å². The van der Waals surface area contributed by atoms with Gasteiger partial charge < -0.3 is 5.32 Å². The fourth-order valence-electron chi connectivity index (χ4n) is 1.48. The second-order valence-corrected chi connectivity index (χ2v) is 6.04. The molecule has 0 aliphatic rings. The van der Waals surface area contributed by atoms with Gasteiger partial charge in [-0.25, -0.2) is 0 Å². The van der Waals surface area contributed by atoms with Crippen LogP contribution in [0.15, 0.2) is 12.2 Å². The van der Waals surface area contributed by atoms with Crippen LogP contribution in [0.25, 0.3) is 0 Å². The highest BCUT2D eigenvalue weighted by atomic mass is 127. The lowest BCUT2D eigenvalue weighted by Crippen LogP contribution is -2.32. The molecule has 2 heteroatoms. The van der Waals surface area contributed by atoms with Crippen LogP contribution in [0, 0.1) is 5.92 Å². The summed E-state index contributed by atoms with van der Waals surface area (Å²) in [6, 6.07) is 0.622. The monoisotopic (exact) mass is 309 g/mol. The van der Waals surface area contributed by atoms with Crippen LogP contribution in [0.4, 0.5) is 0 Å². The fourth-order valence-corrected chi connectivity index (χ4v) is 2.20. The molecule has 0 aromatic carbocycles. The molecule has 0 aliphatic carbocycles. The summed E-state index contributed by atoms with van der Waals surface area (Å²) >= 11 is 2.49. The topological polar surface area (TPSA) is 12.0 Å². The summed E-state index contributed by atoms with van der Waals surface area (Å²) in [5.74, 6) is 0.678. The zero-order valence-electron chi connectivity index (χ0n) is 9.94. The molecule has 0 fully saturated rings. The van der Waals surface area contributed by atoms with Gasteiger partial charge in [-0.3, -0.25) is 0 Å². The molecule has 3 unspecified atom stereocenters. The normalized spacial score (nSPS) is 17.5. The number of hydrogen-bond donors (Lipinski definition) is 1. The molecule has 0 saturated carbocycles. The van der Waals surface area contributed by atoms with E-state index in [2.05, 4.69) is 55.3 Å². The summed E-state index contributed by atoms with van der Waals surface area (Å²) in [7, 11) is 2.05. The van der Waals surface area contributed by atoms with Crippen LogP contribution >= 0.6 is 22.6 Å². The van der Waals surface area contributed by atoms with E-state index in [1.807, 2.05) is 7.05 Å². The largest absolute Gasteiger partial charge is 0.316 e. The lowest BCUT2D eigenvalue weighted by Gasteiger charge is -2.20. The third-order valence-electron chi connectivity index (χ3n) is 3.01. The average Bonchev–Trinajstić information content (AvgIpc) is 2.16. The van der Waals surface area contributed by atoms with Crippen molar-refractivity contribution in [3.8, 4) is 0 Å². The number of rotatable bonds is 7. The van der Waals surface area contributed by atoms with E-state index in [0.29, 0.717) is 15.9 Å². The van der Waals surface area contributed by atoms with Crippen LogP contribution in [0.5, 0.6) is 0 Å². The van der Waals surface area contributed by atoms with E-state index in [1.165, 1.54) is 18.4 Å². The van der Waals surface area contributed by atoms with Crippen molar-refractivity contribution < 1.29 is 0 Å². The molecule has 14 heavy (non-hydrogen) atoms. The van der Waals surface area contributed by atoms with Crippen molar-refractivity contribution in [2.75, 3.05) is 7.05 Å². The number of hydrogen-bond acceptors (Lipinski definition) is 1. The van der Waals surface area contributed by atoms with E-state index in [-0.39, 0.29) is 0 Å². The van der Waals surface area contributed by atoms with Crippen LogP contribution in [0.3, 0.4) is 0 Å². The minimum absolute atomic E-state index is 0.622. The maximum Gasteiger partial charge on any atom is 0.0235 e. The van der Waals surface area contributed by atoms with Crippen molar-refractivity contribution in [2.24, 2.45) is 5.92 Å². The summed E-state index contributed by atoms with van der Waals surface area (Å²) in [5, 5.41) is 3.37.